The van der Waals surface area contributed by atoms with E-state index in [-0.39, 0.29) is 11.7 Å². The number of hydrogen-bond acceptors (Lipinski definition) is 5. The summed E-state index contributed by atoms with van der Waals surface area (Å²) in [5.41, 5.74) is 2.23. The Labute approximate surface area is 144 Å². The maximum Gasteiger partial charge on any atom is 0.124 e. The largest absolute Gasteiger partial charge is 0.496 e. The third kappa shape index (κ3) is 3.31. The quantitative estimate of drug-likeness (QED) is 0.865. The highest BCUT2D eigenvalue weighted by atomic mass is 16.5. The average molecular weight is 335 g/mol. The number of aliphatic hydroxyl groups excluding tert-OH is 1. The van der Waals surface area contributed by atoms with Gasteiger partial charge in [-0.2, -0.15) is 0 Å². The van der Waals surface area contributed by atoms with Crippen LogP contribution < -0.4 is 4.74 Å². The van der Waals surface area contributed by atoms with E-state index < -0.39 is 0 Å². The highest BCUT2D eigenvalue weighted by molar-refractivity contribution is 5.37. The predicted molar refractivity (Wildman–Crippen MR) is 92.1 cm³/mol. The van der Waals surface area contributed by atoms with Crippen molar-refractivity contribution in [1.29, 1.82) is 0 Å². The molecule has 1 aliphatic heterocycles. The van der Waals surface area contributed by atoms with Crippen LogP contribution in [0.15, 0.2) is 18.2 Å². The second-order valence-corrected chi connectivity index (χ2v) is 7.01. The van der Waals surface area contributed by atoms with E-state index >= 15 is 0 Å². The monoisotopic (exact) mass is 335 g/mol. The Kier molecular flexibility index (Phi) is 5.45. The molecule has 1 aromatic carbocycles. The van der Waals surface area contributed by atoms with Gasteiger partial charge < -0.3 is 19.3 Å². The molecular formula is C19H29NO4. The molecule has 0 spiro atoms. The van der Waals surface area contributed by atoms with Crippen LogP contribution in [0.5, 0.6) is 5.75 Å². The van der Waals surface area contributed by atoms with E-state index in [1.807, 2.05) is 13.2 Å². The summed E-state index contributed by atoms with van der Waals surface area (Å²) < 4.78 is 16.6. The van der Waals surface area contributed by atoms with E-state index in [1.165, 1.54) is 5.56 Å². The fourth-order valence-electron chi connectivity index (χ4n) is 4.39. The molecule has 0 amide bonds. The summed E-state index contributed by atoms with van der Waals surface area (Å²) >= 11 is 0. The number of hydrogen-bond donors (Lipinski definition) is 1. The maximum absolute atomic E-state index is 10.1. The van der Waals surface area contributed by atoms with Crippen LogP contribution in [0.25, 0.3) is 0 Å². The number of nitrogens with zero attached hydrogens (tertiary/aromatic N) is 1. The number of rotatable bonds is 6. The molecular weight excluding hydrogens is 306 g/mol. The summed E-state index contributed by atoms with van der Waals surface area (Å²) in [6.07, 6.45) is 3.43. The van der Waals surface area contributed by atoms with Crippen LogP contribution in [0.3, 0.4) is 0 Å². The molecule has 0 radical (unpaired) electrons. The minimum absolute atomic E-state index is 0.0823. The Bertz CT molecular complexity index is 564. The molecule has 2 fully saturated rings. The smallest absolute Gasteiger partial charge is 0.124 e. The van der Waals surface area contributed by atoms with Crippen molar-refractivity contribution >= 4 is 0 Å². The van der Waals surface area contributed by atoms with Crippen molar-refractivity contribution in [2.75, 3.05) is 27.9 Å². The summed E-state index contributed by atoms with van der Waals surface area (Å²) in [6, 6.07) is 6.58. The maximum atomic E-state index is 10.1. The topological polar surface area (TPSA) is 51.2 Å². The molecule has 1 heterocycles. The van der Waals surface area contributed by atoms with Gasteiger partial charge in [0, 0.05) is 38.9 Å². The van der Waals surface area contributed by atoms with Gasteiger partial charge in [0.25, 0.3) is 0 Å². The first-order valence-electron chi connectivity index (χ1n) is 8.74. The Morgan fingerprint density at radius 3 is 2.79 bits per heavy atom. The molecule has 2 aliphatic rings. The van der Waals surface area contributed by atoms with Gasteiger partial charge in [0.05, 0.1) is 25.4 Å². The Balaban J connectivity index is 1.77. The zero-order chi connectivity index (χ0) is 17.2. The van der Waals surface area contributed by atoms with E-state index in [2.05, 4.69) is 17.0 Å². The van der Waals surface area contributed by atoms with Gasteiger partial charge in [-0.05, 0) is 43.4 Å². The van der Waals surface area contributed by atoms with Gasteiger partial charge in [0.2, 0.25) is 0 Å². The molecule has 1 aromatic rings. The zero-order valence-electron chi connectivity index (χ0n) is 15.0. The molecule has 1 N–H and O–H groups in total. The molecule has 24 heavy (non-hydrogen) atoms. The third-order valence-corrected chi connectivity index (χ3v) is 5.70. The standard InChI is InChI=1S/C19H29NO4/c1-22-13-15-10-14(4-5-17(15)23-2)12-20-9-8-19(24-3)7-6-16(21)11-18(19)20/h4-5,10,16,18,21H,6-9,11-13H2,1-3H3/t16-,18-,19+/m0/s1. The lowest BCUT2D eigenvalue weighted by molar-refractivity contribution is -0.0879. The van der Waals surface area contributed by atoms with Crippen molar-refractivity contribution in [3.8, 4) is 5.75 Å². The second kappa shape index (κ2) is 7.40. The number of methoxy groups -OCH3 is 3. The van der Waals surface area contributed by atoms with Gasteiger partial charge in [-0.3, -0.25) is 4.90 Å². The molecule has 134 valence electrons. The Morgan fingerprint density at radius 2 is 2.08 bits per heavy atom. The molecule has 5 heteroatoms. The summed E-state index contributed by atoms with van der Waals surface area (Å²) in [7, 11) is 5.20. The van der Waals surface area contributed by atoms with E-state index in [0.29, 0.717) is 12.6 Å². The van der Waals surface area contributed by atoms with Crippen LogP contribution in [0.4, 0.5) is 0 Å². The van der Waals surface area contributed by atoms with Crippen molar-refractivity contribution in [2.24, 2.45) is 0 Å². The van der Waals surface area contributed by atoms with E-state index in [1.54, 1.807) is 14.2 Å². The van der Waals surface area contributed by atoms with Crippen LogP contribution >= 0.6 is 0 Å². The van der Waals surface area contributed by atoms with Crippen LogP contribution in [-0.2, 0) is 22.6 Å². The SMILES string of the molecule is COCc1cc(CN2CC[C@]3(OC)CC[C@H](O)C[C@H]23)ccc1OC. The lowest BCUT2D eigenvalue weighted by Crippen LogP contribution is -2.51. The van der Waals surface area contributed by atoms with E-state index in [4.69, 9.17) is 14.2 Å². The number of aliphatic hydroxyl groups is 1. The number of ether oxygens (including phenoxy) is 3. The normalized spacial score (nSPS) is 30.3. The molecule has 0 aromatic heterocycles. The summed E-state index contributed by atoms with van der Waals surface area (Å²) in [4.78, 5) is 2.46. The number of fused-ring (bicyclic) bond motifs is 1. The molecule has 3 rings (SSSR count). The van der Waals surface area contributed by atoms with Crippen molar-refractivity contribution in [2.45, 2.75) is 56.6 Å². The van der Waals surface area contributed by atoms with Crippen LogP contribution in [0.1, 0.15) is 36.8 Å². The Morgan fingerprint density at radius 1 is 1.25 bits per heavy atom. The van der Waals surface area contributed by atoms with Crippen molar-refractivity contribution < 1.29 is 19.3 Å². The number of benzene rings is 1. The highest BCUT2D eigenvalue weighted by Crippen LogP contribution is 2.43. The van der Waals surface area contributed by atoms with Crippen LogP contribution in [0.2, 0.25) is 0 Å². The van der Waals surface area contributed by atoms with Crippen LogP contribution in [0, 0.1) is 0 Å². The first kappa shape index (κ1) is 17.7. The fraction of sp³-hybridized carbons (Fsp3) is 0.684. The molecule has 1 saturated heterocycles. The van der Waals surface area contributed by atoms with Crippen molar-refractivity contribution in [1.82, 2.24) is 4.90 Å². The summed E-state index contributed by atoms with van der Waals surface area (Å²) in [6.45, 7) is 2.42. The van der Waals surface area contributed by atoms with E-state index in [9.17, 15) is 5.11 Å². The lowest BCUT2D eigenvalue weighted by atomic mass is 9.79. The van der Waals surface area contributed by atoms with Crippen LogP contribution in [-0.4, -0.2) is 55.6 Å². The van der Waals surface area contributed by atoms with Gasteiger partial charge >= 0.3 is 0 Å². The first-order valence-corrected chi connectivity index (χ1v) is 8.74. The minimum atomic E-state index is -0.209. The fourth-order valence-corrected chi connectivity index (χ4v) is 4.39. The summed E-state index contributed by atoms with van der Waals surface area (Å²) in [5.74, 6) is 0.862. The molecule has 0 bridgehead atoms. The molecule has 1 saturated carbocycles. The van der Waals surface area contributed by atoms with E-state index in [0.717, 1.165) is 50.1 Å². The average Bonchev–Trinajstić information content (AvgIpc) is 2.94. The Hall–Kier alpha value is -1.14. The zero-order valence-corrected chi connectivity index (χ0v) is 15.0. The highest BCUT2D eigenvalue weighted by Gasteiger charge is 2.50. The molecule has 0 unspecified atom stereocenters. The van der Waals surface area contributed by atoms with Crippen molar-refractivity contribution in [3.63, 3.8) is 0 Å². The molecule has 3 atom stereocenters. The third-order valence-electron chi connectivity index (χ3n) is 5.70. The first-order chi connectivity index (χ1) is 11.6. The molecule has 1 aliphatic carbocycles. The lowest BCUT2D eigenvalue weighted by Gasteiger charge is -2.42. The number of likely N-dealkylation sites (tertiary alicyclic amines) is 1. The van der Waals surface area contributed by atoms with Gasteiger partial charge in [-0.15, -0.1) is 0 Å². The predicted octanol–water partition coefficient (Wildman–Crippen LogP) is 2.35. The molecule has 5 nitrogen and oxygen atoms in total. The van der Waals surface area contributed by atoms with Gasteiger partial charge in [-0.25, -0.2) is 0 Å². The van der Waals surface area contributed by atoms with Crippen molar-refractivity contribution in [3.05, 3.63) is 29.3 Å². The van der Waals surface area contributed by atoms with Gasteiger partial charge in [0.1, 0.15) is 5.75 Å². The van der Waals surface area contributed by atoms with Gasteiger partial charge in [0.15, 0.2) is 0 Å². The minimum Gasteiger partial charge on any atom is -0.496 e. The van der Waals surface area contributed by atoms with Gasteiger partial charge in [-0.1, -0.05) is 6.07 Å². The second-order valence-electron chi connectivity index (χ2n) is 7.01. The summed E-state index contributed by atoms with van der Waals surface area (Å²) in [5, 5.41) is 10.1.